The van der Waals surface area contributed by atoms with Crippen molar-refractivity contribution in [3.63, 3.8) is 0 Å². The minimum absolute atomic E-state index is 0.328. The second kappa shape index (κ2) is 22.2. The Morgan fingerprint density at radius 1 is 0.571 bits per heavy atom. The predicted octanol–water partition coefficient (Wildman–Crippen LogP) is 18.3. The number of rotatable bonds is 19. The maximum atomic E-state index is 11.9. The zero-order valence-corrected chi connectivity index (χ0v) is 44.1. The lowest BCUT2D eigenvalue weighted by Gasteiger charge is -2.40. The number of nitrogens with zero attached hydrogens (tertiary/aromatic N) is 2. The van der Waals surface area contributed by atoms with Crippen molar-refractivity contribution >= 4 is 46.0 Å². The van der Waals surface area contributed by atoms with Crippen LogP contribution in [0.3, 0.4) is 0 Å². The predicted molar refractivity (Wildman–Crippen MR) is 316 cm³/mol. The van der Waals surface area contributed by atoms with Crippen LogP contribution in [0.2, 0.25) is 0 Å². The third-order valence-electron chi connectivity index (χ3n) is 15.9. The second-order valence-corrected chi connectivity index (χ2v) is 20.7. The second-order valence-electron chi connectivity index (χ2n) is 20.7. The average molecular weight is 1010 g/mol. The third kappa shape index (κ3) is 9.44. The van der Waals surface area contributed by atoms with Crippen LogP contribution in [0, 0.1) is 11.3 Å². The van der Waals surface area contributed by atoms with Crippen LogP contribution in [0.15, 0.2) is 218 Å². The van der Waals surface area contributed by atoms with Gasteiger partial charge in [0, 0.05) is 39.1 Å². The number of benzene rings is 9. The highest BCUT2D eigenvalue weighted by molar-refractivity contribution is 6.10. The highest BCUT2D eigenvalue weighted by Crippen LogP contribution is 2.63. The Kier molecular flexibility index (Phi) is 14.6. The molecule has 0 bridgehead atoms. The van der Waals surface area contributed by atoms with Crippen LogP contribution < -0.4 is 9.64 Å². The lowest BCUT2D eigenvalue weighted by atomic mass is 9.65. The van der Waals surface area contributed by atoms with Crippen LogP contribution in [0.1, 0.15) is 121 Å². The van der Waals surface area contributed by atoms with E-state index in [0.717, 1.165) is 76.0 Å². The summed E-state index contributed by atoms with van der Waals surface area (Å²) in [6.45, 7) is 4.54. The summed E-state index contributed by atoms with van der Waals surface area (Å²) in [4.78, 5) is 14.3. The molecule has 380 valence electrons. The molecule has 1 unspecified atom stereocenters. The number of anilines is 3. The number of carbonyl (C=O) groups is 1. The fraction of sp³-hybridized carbons (Fsp3) is 0.194. The number of unbranched alkanes of at least 4 members (excludes halogenated alkanes) is 6. The van der Waals surface area contributed by atoms with E-state index in [1.165, 1.54) is 89.1 Å². The van der Waals surface area contributed by atoms with Crippen molar-refractivity contribution in [2.45, 2.75) is 89.1 Å². The van der Waals surface area contributed by atoms with Gasteiger partial charge in [0.1, 0.15) is 17.4 Å². The van der Waals surface area contributed by atoms with Crippen molar-refractivity contribution in [1.29, 1.82) is 5.26 Å². The van der Waals surface area contributed by atoms with Crippen molar-refractivity contribution in [2.24, 2.45) is 0 Å². The van der Waals surface area contributed by atoms with Crippen LogP contribution in [0.5, 0.6) is 5.75 Å². The number of aliphatic carboxylic acids is 1. The number of nitriles is 1. The lowest BCUT2D eigenvalue weighted by molar-refractivity contribution is -0.132. The lowest BCUT2D eigenvalue weighted by Crippen LogP contribution is -2.36. The van der Waals surface area contributed by atoms with E-state index in [0.29, 0.717) is 5.56 Å². The van der Waals surface area contributed by atoms with Gasteiger partial charge in [-0.3, -0.25) is 0 Å². The summed E-state index contributed by atoms with van der Waals surface area (Å²) in [6, 6.07) is 76.2. The zero-order valence-electron chi connectivity index (χ0n) is 44.1. The molecule has 0 aromatic heterocycles. The first-order chi connectivity index (χ1) is 37.9. The van der Waals surface area contributed by atoms with E-state index in [9.17, 15) is 15.2 Å². The fourth-order valence-electron chi connectivity index (χ4n) is 12.1. The van der Waals surface area contributed by atoms with Crippen LogP contribution in [-0.2, 0) is 28.7 Å². The monoisotopic (exact) mass is 1000 g/mol. The maximum absolute atomic E-state index is 11.9. The summed E-state index contributed by atoms with van der Waals surface area (Å²) in [5.74, 6) is -0.470. The van der Waals surface area contributed by atoms with E-state index in [1.807, 2.05) is 48.5 Å². The van der Waals surface area contributed by atoms with Crippen LogP contribution in [0.25, 0.3) is 34.1 Å². The van der Waals surface area contributed by atoms with Crippen LogP contribution in [0.4, 0.5) is 17.1 Å². The first kappa shape index (κ1) is 50.4. The Hall–Kier alpha value is -8.72. The minimum atomic E-state index is -1.26. The normalized spacial score (nSPS) is 15.0. The largest absolute Gasteiger partial charge is 0.477 e. The summed E-state index contributed by atoms with van der Waals surface area (Å²) in [7, 11) is 0. The van der Waals surface area contributed by atoms with Gasteiger partial charge in [0.2, 0.25) is 0 Å². The Morgan fingerprint density at radius 2 is 1.09 bits per heavy atom. The quantitative estimate of drug-likeness (QED) is 0.0496. The molecule has 1 N–H and O–H groups in total. The molecule has 11 rings (SSSR count). The molecule has 5 nitrogen and oxygen atoms in total. The smallest absolute Gasteiger partial charge is 0.346 e. The topological polar surface area (TPSA) is 73.6 Å². The Balaban J connectivity index is 1.20. The first-order valence-electron chi connectivity index (χ1n) is 27.6. The summed E-state index contributed by atoms with van der Waals surface area (Å²) >= 11 is 0. The molecular weight excluding hydrogens is 941 g/mol. The fourth-order valence-corrected chi connectivity index (χ4v) is 12.1. The van der Waals surface area contributed by atoms with E-state index < -0.39 is 17.0 Å². The SMILES string of the molecule is CCCCCCc1ccc(C2(c3ccc(CCCCCC)cc3)c3cc(N(c4ccccc4)c4ccccc4)ccc3-c3c2c2c(c4ccccc34)OC(c3ccccc3)(c3ccc(/C=C(/C#N)C(=O)O)cc3)C=C2)cc1. The molecule has 9 aromatic carbocycles. The van der Waals surface area contributed by atoms with Gasteiger partial charge in [-0.15, -0.1) is 0 Å². The minimum Gasteiger partial charge on any atom is -0.477 e. The van der Waals surface area contributed by atoms with Gasteiger partial charge in [0.25, 0.3) is 0 Å². The van der Waals surface area contributed by atoms with Crippen molar-refractivity contribution in [3.05, 3.63) is 274 Å². The van der Waals surface area contributed by atoms with E-state index >= 15 is 0 Å². The van der Waals surface area contributed by atoms with Crippen molar-refractivity contribution in [2.75, 3.05) is 4.90 Å². The van der Waals surface area contributed by atoms with E-state index in [4.69, 9.17) is 4.74 Å². The van der Waals surface area contributed by atoms with E-state index in [1.54, 1.807) is 0 Å². The number of para-hydroxylation sites is 2. The number of hydrogen-bond donors (Lipinski definition) is 1. The Morgan fingerprint density at radius 3 is 1.64 bits per heavy atom. The van der Waals surface area contributed by atoms with Crippen molar-refractivity contribution in [3.8, 4) is 22.9 Å². The van der Waals surface area contributed by atoms with Crippen molar-refractivity contribution in [1.82, 2.24) is 0 Å². The molecule has 0 saturated heterocycles. The molecule has 0 radical (unpaired) electrons. The third-order valence-corrected chi connectivity index (χ3v) is 15.9. The highest BCUT2D eigenvalue weighted by Gasteiger charge is 2.51. The molecule has 0 spiro atoms. The van der Waals surface area contributed by atoms with Crippen LogP contribution in [-0.4, -0.2) is 11.1 Å². The number of fused-ring (bicyclic) bond motifs is 8. The van der Waals surface area contributed by atoms with Gasteiger partial charge in [-0.2, -0.15) is 5.26 Å². The molecule has 1 aliphatic heterocycles. The summed E-state index contributed by atoms with van der Waals surface area (Å²) in [5.41, 5.74) is 14.3. The van der Waals surface area contributed by atoms with Gasteiger partial charge >= 0.3 is 5.97 Å². The molecule has 1 atom stereocenters. The molecule has 0 saturated carbocycles. The van der Waals surface area contributed by atoms with E-state index in [-0.39, 0.29) is 5.57 Å². The van der Waals surface area contributed by atoms with Gasteiger partial charge < -0.3 is 14.7 Å². The number of carboxylic acids is 1. The molecule has 1 aliphatic carbocycles. The summed E-state index contributed by atoms with van der Waals surface area (Å²) in [5, 5.41) is 21.4. The Labute approximate surface area is 454 Å². The van der Waals surface area contributed by atoms with Gasteiger partial charge in [-0.05, 0) is 130 Å². The average Bonchev–Trinajstić information content (AvgIpc) is 3.81. The summed E-state index contributed by atoms with van der Waals surface area (Å²) < 4.78 is 7.86. The molecule has 0 amide bonds. The number of ether oxygens (including phenoxy) is 1. The van der Waals surface area contributed by atoms with Gasteiger partial charge in [0.05, 0.1) is 5.41 Å². The zero-order chi connectivity index (χ0) is 52.8. The van der Waals surface area contributed by atoms with Crippen LogP contribution >= 0.6 is 0 Å². The van der Waals surface area contributed by atoms with E-state index in [2.05, 4.69) is 195 Å². The van der Waals surface area contributed by atoms with Gasteiger partial charge in [-0.25, -0.2) is 4.79 Å². The number of aryl methyl sites for hydroxylation is 2. The van der Waals surface area contributed by atoms with Gasteiger partial charge in [-0.1, -0.05) is 228 Å². The molecule has 1 heterocycles. The highest BCUT2D eigenvalue weighted by atomic mass is 16.5. The molecule has 77 heavy (non-hydrogen) atoms. The van der Waals surface area contributed by atoms with Gasteiger partial charge in [0.15, 0.2) is 5.60 Å². The van der Waals surface area contributed by atoms with Crippen molar-refractivity contribution < 1.29 is 14.6 Å². The molecule has 9 aromatic rings. The molecule has 2 aliphatic rings. The molecule has 0 fully saturated rings. The molecule has 5 heteroatoms. The maximum Gasteiger partial charge on any atom is 0.346 e. The summed E-state index contributed by atoms with van der Waals surface area (Å²) in [6.07, 6.45) is 17.7. The number of hydrogen-bond acceptors (Lipinski definition) is 4. The molecular formula is C72H64N2O3. The number of carboxylic acid groups (broad SMARTS) is 1. The Bertz CT molecular complexity index is 3560. The standard InChI is InChI=1S/C72H64N2O3/c1-3-5-7-12-22-51-32-40-57(41-33-51)72(58-42-34-52(35-43-58)23-13-8-6-4-2)66-49-61(74(59-26-16-10-17-27-59)60-28-18-11-19-29-60)44-45-64(66)67-62-30-20-21-31-63(62)69-65(68(67)72)46-47-71(77-69,55-24-14-9-15-25-55)56-38-36-53(37-39-56)48-54(50-73)70(75)76/h9-11,14-21,24-49H,3-8,12-13,22-23H2,1-2H3,(H,75,76)/b54-48-. The first-order valence-corrected chi connectivity index (χ1v) is 27.6.